The molecule has 2 N–H and O–H groups in total. The molecule has 1 aromatic heterocycles. The molecule has 3 rings (SSSR count). The Labute approximate surface area is 161 Å². The first-order valence-electron chi connectivity index (χ1n) is 8.06. The molecular weight excluding hydrogens is 393 g/mol. The van der Waals surface area contributed by atoms with E-state index in [2.05, 4.69) is 14.7 Å². The lowest BCUT2D eigenvalue weighted by Crippen LogP contribution is -2.17. The molecule has 7 nitrogen and oxygen atoms in total. The minimum Gasteiger partial charge on any atom is -0.479 e. The number of carboxylic acids is 1. The monoisotopic (exact) mass is 406 g/mol. The van der Waals surface area contributed by atoms with Crippen molar-refractivity contribution in [3.05, 3.63) is 59.3 Å². The molecule has 0 aliphatic heterocycles. The molecule has 0 bridgehead atoms. The van der Waals surface area contributed by atoms with Gasteiger partial charge in [-0.1, -0.05) is 17.7 Å². The van der Waals surface area contributed by atoms with Gasteiger partial charge in [0.15, 0.2) is 5.69 Å². The van der Waals surface area contributed by atoms with Gasteiger partial charge in [0, 0.05) is 5.56 Å². The number of ether oxygens (including phenoxy) is 1. The number of oxazole rings is 1. The fourth-order valence-electron chi connectivity index (χ4n) is 2.42. The van der Waals surface area contributed by atoms with Crippen molar-refractivity contribution in [3.63, 3.8) is 0 Å². The lowest BCUT2D eigenvalue weighted by atomic mass is 10.1. The summed E-state index contributed by atoms with van der Waals surface area (Å²) in [6.45, 7) is 1.73. The fraction of sp³-hybridized carbons (Fsp3) is 0.105. The summed E-state index contributed by atoms with van der Waals surface area (Å²) in [5, 5.41) is 19.2. The number of halogens is 3. The van der Waals surface area contributed by atoms with Crippen LogP contribution in [0.15, 0.2) is 51.9 Å². The van der Waals surface area contributed by atoms with Gasteiger partial charge in [-0.25, -0.2) is 9.78 Å². The van der Waals surface area contributed by atoms with Gasteiger partial charge < -0.3 is 19.4 Å². The first kappa shape index (κ1) is 19.9. The van der Waals surface area contributed by atoms with Crippen molar-refractivity contribution in [3.8, 4) is 23.1 Å². The van der Waals surface area contributed by atoms with Gasteiger partial charge in [-0.3, -0.25) is 4.99 Å². The summed E-state index contributed by atoms with van der Waals surface area (Å²) in [6, 6.07) is 9.46. The molecule has 0 saturated carbocycles. The largest absolute Gasteiger partial charge is 0.573 e. The highest BCUT2D eigenvalue weighted by Crippen LogP contribution is 2.30. The third-order valence-electron chi connectivity index (χ3n) is 3.66. The average molecular weight is 406 g/mol. The third kappa shape index (κ3) is 4.92. The second-order valence-corrected chi connectivity index (χ2v) is 5.87. The predicted molar refractivity (Wildman–Crippen MR) is 95.7 cm³/mol. The minimum absolute atomic E-state index is 0.0403. The van der Waals surface area contributed by atoms with Crippen LogP contribution in [0, 0.1) is 6.92 Å². The van der Waals surface area contributed by atoms with Crippen molar-refractivity contribution in [2.75, 3.05) is 0 Å². The number of nitrogens with zero attached hydrogens (tertiary/aromatic N) is 2. The molecule has 0 atom stereocenters. The van der Waals surface area contributed by atoms with E-state index >= 15 is 0 Å². The van der Waals surface area contributed by atoms with Crippen molar-refractivity contribution in [1.82, 2.24) is 4.98 Å². The highest BCUT2D eigenvalue weighted by atomic mass is 19.4. The molecule has 0 amide bonds. The molecule has 0 saturated heterocycles. The molecule has 0 aliphatic carbocycles. The molecule has 2 aromatic carbocycles. The van der Waals surface area contributed by atoms with Crippen LogP contribution in [0.4, 0.5) is 18.9 Å². The second kappa shape index (κ2) is 7.66. The number of aromatic hydroxyl groups is 1. The number of aliphatic imine (C=N–C) groups is 1. The Kier molecular flexibility index (Phi) is 5.26. The molecule has 0 fully saturated rings. The zero-order valence-electron chi connectivity index (χ0n) is 14.8. The van der Waals surface area contributed by atoms with Gasteiger partial charge in [-0.2, -0.15) is 0 Å². The van der Waals surface area contributed by atoms with E-state index in [1.807, 2.05) is 0 Å². The lowest BCUT2D eigenvalue weighted by Gasteiger charge is -2.08. The van der Waals surface area contributed by atoms with Crippen LogP contribution in [-0.2, 0) is 0 Å². The quantitative estimate of drug-likeness (QED) is 0.595. The van der Waals surface area contributed by atoms with Crippen molar-refractivity contribution in [2.24, 2.45) is 4.99 Å². The Balaban J connectivity index is 1.90. The number of carbonyl (C=O) groups is 1. The second-order valence-electron chi connectivity index (χ2n) is 5.87. The van der Waals surface area contributed by atoms with Gasteiger partial charge in [-0.15, -0.1) is 13.2 Å². The number of hydrogen-bond donors (Lipinski definition) is 2. The molecule has 0 unspecified atom stereocenters. The number of aromatic carboxylic acids is 1. The van der Waals surface area contributed by atoms with Crippen molar-refractivity contribution < 1.29 is 37.3 Å². The van der Waals surface area contributed by atoms with Crippen molar-refractivity contribution in [2.45, 2.75) is 13.3 Å². The zero-order valence-corrected chi connectivity index (χ0v) is 14.8. The number of carboxylic acid groups (broad SMARTS) is 1. The van der Waals surface area contributed by atoms with Crippen LogP contribution < -0.4 is 4.74 Å². The van der Waals surface area contributed by atoms with Crippen LogP contribution in [0.2, 0.25) is 0 Å². The summed E-state index contributed by atoms with van der Waals surface area (Å²) >= 11 is 0. The Hall–Kier alpha value is -3.82. The van der Waals surface area contributed by atoms with Gasteiger partial charge in [0.2, 0.25) is 5.89 Å². The molecule has 0 spiro atoms. The highest BCUT2D eigenvalue weighted by Gasteiger charge is 2.31. The smallest absolute Gasteiger partial charge is 0.479 e. The van der Waals surface area contributed by atoms with Gasteiger partial charge in [0.1, 0.15) is 5.75 Å². The lowest BCUT2D eigenvalue weighted by molar-refractivity contribution is -0.274. The topological polar surface area (TPSA) is 105 Å². The molecule has 29 heavy (non-hydrogen) atoms. The van der Waals surface area contributed by atoms with Gasteiger partial charge >= 0.3 is 18.3 Å². The molecule has 0 radical (unpaired) electrons. The molecule has 10 heteroatoms. The van der Waals surface area contributed by atoms with Crippen molar-refractivity contribution in [1.29, 1.82) is 0 Å². The zero-order chi connectivity index (χ0) is 21.2. The maximum Gasteiger partial charge on any atom is 0.573 e. The normalized spacial score (nSPS) is 11.7. The van der Waals surface area contributed by atoms with E-state index in [1.54, 1.807) is 13.0 Å². The van der Waals surface area contributed by atoms with E-state index in [1.165, 1.54) is 24.3 Å². The minimum atomic E-state index is -4.86. The Morgan fingerprint density at radius 2 is 2.00 bits per heavy atom. The van der Waals surface area contributed by atoms with Crippen molar-refractivity contribution >= 4 is 17.9 Å². The number of aromatic nitrogens is 1. The average Bonchev–Trinajstić information content (AvgIpc) is 3.00. The molecule has 1 heterocycles. The Morgan fingerprint density at radius 1 is 1.24 bits per heavy atom. The van der Waals surface area contributed by atoms with Crippen LogP contribution >= 0.6 is 0 Å². The Morgan fingerprint density at radius 3 is 2.69 bits per heavy atom. The number of hydrogen-bond acceptors (Lipinski definition) is 6. The molecule has 3 aromatic rings. The first-order chi connectivity index (χ1) is 13.6. The number of rotatable bonds is 5. The molecule has 150 valence electrons. The van der Waals surface area contributed by atoms with E-state index in [0.717, 1.165) is 23.9 Å². The maximum absolute atomic E-state index is 12.4. The van der Waals surface area contributed by atoms with Crippen LogP contribution in [0.3, 0.4) is 0 Å². The highest BCUT2D eigenvalue weighted by molar-refractivity contribution is 5.95. The summed E-state index contributed by atoms with van der Waals surface area (Å²) in [5.74, 6) is -2.45. The summed E-state index contributed by atoms with van der Waals surface area (Å²) in [6.07, 6.45) is -3.76. The van der Waals surface area contributed by atoms with Gasteiger partial charge in [0.05, 0.1) is 17.5 Å². The first-order valence-corrected chi connectivity index (χ1v) is 8.06. The molecular formula is C19H13F3N2O5. The van der Waals surface area contributed by atoms with Gasteiger partial charge in [-0.05, 0) is 37.3 Å². The van der Waals surface area contributed by atoms with Crippen LogP contribution in [-0.4, -0.2) is 33.7 Å². The number of benzene rings is 2. The van der Waals surface area contributed by atoms with Crippen LogP contribution in [0.5, 0.6) is 11.7 Å². The standard InChI is InChI=1S/C19H13F3N2O5/c1-10-5-6-14(13(7-10)17(25)26)23-9-15-18(27)28-16(24-15)11-3-2-4-12(8-11)29-19(20,21)22/h2-9,27H,1H3,(H,25,26). The predicted octanol–water partition coefficient (Wildman–Crippen LogP) is 4.70. The van der Waals surface area contributed by atoms with Crippen LogP contribution in [0.25, 0.3) is 11.5 Å². The number of aryl methyl sites for hydroxylation is 1. The van der Waals surface area contributed by atoms with E-state index in [9.17, 15) is 28.2 Å². The number of alkyl halides is 3. The summed E-state index contributed by atoms with van der Waals surface area (Å²) in [5.41, 5.74) is 0.824. The van der Waals surface area contributed by atoms with E-state index in [0.29, 0.717) is 0 Å². The van der Waals surface area contributed by atoms with E-state index in [-0.39, 0.29) is 28.4 Å². The maximum atomic E-state index is 12.4. The summed E-state index contributed by atoms with van der Waals surface area (Å²) in [4.78, 5) is 19.3. The van der Waals surface area contributed by atoms with Gasteiger partial charge in [0.25, 0.3) is 0 Å². The molecule has 0 aliphatic rings. The van der Waals surface area contributed by atoms with E-state index < -0.39 is 24.0 Å². The van der Waals surface area contributed by atoms with Crippen LogP contribution in [0.1, 0.15) is 21.6 Å². The third-order valence-corrected chi connectivity index (χ3v) is 3.66. The SMILES string of the molecule is Cc1ccc(N=Cc2nc(-c3cccc(OC(F)(F)F)c3)oc2O)c(C(=O)O)c1. The fourth-order valence-corrected chi connectivity index (χ4v) is 2.42. The Bertz CT molecular complexity index is 1090. The summed E-state index contributed by atoms with van der Waals surface area (Å²) in [7, 11) is 0. The van der Waals surface area contributed by atoms with E-state index in [4.69, 9.17) is 4.42 Å². The summed E-state index contributed by atoms with van der Waals surface area (Å²) < 4.78 is 46.0.